The molecule has 144 valence electrons. The quantitative estimate of drug-likeness (QED) is 0.829. The van der Waals surface area contributed by atoms with Gasteiger partial charge in [-0.3, -0.25) is 14.9 Å². The zero-order valence-corrected chi connectivity index (χ0v) is 15.9. The largest absolute Gasteiger partial charge is 0.444 e. The molecule has 7 heteroatoms. The summed E-state index contributed by atoms with van der Waals surface area (Å²) in [5.74, 6) is 0. The molecule has 7 nitrogen and oxygen atoms in total. The van der Waals surface area contributed by atoms with E-state index in [1.807, 2.05) is 39.0 Å². The molecule has 0 spiro atoms. The number of carbonyl (C=O) groups is 1. The maximum Gasteiger partial charge on any atom is 0.410 e. The van der Waals surface area contributed by atoms with Crippen LogP contribution in [0.4, 0.5) is 4.79 Å². The van der Waals surface area contributed by atoms with E-state index in [1.165, 1.54) is 0 Å². The summed E-state index contributed by atoms with van der Waals surface area (Å²) >= 11 is 0. The summed E-state index contributed by atoms with van der Waals surface area (Å²) in [7, 11) is 0. The highest BCUT2D eigenvalue weighted by Crippen LogP contribution is 2.42. The zero-order chi connectivity index (χ0) is 19.2. The molecule has 0 radical (unpaired) electrons. The van der Waals surface area contributed by atoms with E-state index in [-0.39, 0.29) is 18.2 Å². The van der Waals surface area contributed by atoms with Gasteiger partial charge in [-0.25, -0.2) is 4.79 Å². The summed E-state index contributed by atoms with van der Waals surface area (Å²) in [5.41, 5.74) is 0.746. The van der Waals surface area contributed by atoms with Crippen LogP contribution in [0, 0.1) is 0 Å². The van der Waals surface area contributed by atoms with Gasteiger partial charge in [0.05, 0.1) is 41.9 Å². The Morgan fingerprint density at radius 2 is 1.81 bits per heavy atom. The van der Waals surface area contributed by atoms with E-state index >= 15 is 0 Å². The number of rotatable bonds is 1. The Morgan fingerprint density at radius 1 is 1.19 bits per heavy atom. The minimum Gasteiger partial charge on any atom is -0.444 e. The molecule has 2 atom stereocenters. The monoisotopic (exact) mass is 371 g/mol. The molecule has 2 aromatic rings. The topological polar surface area (TPSA) is 84.8 Å². The van der Waals surface area contributed by atoms with E-state index in [2.05, 4.69) is 9.97 Å². The minimum atomic E-state index is -1.04. The van der Waals surface area contributed by atoms with Crippen molar-refractivity contribution in [1.82, 2.24) is 14.9 Å². The van der Waals surface area contributed by atoms with Crippen molar-refractivity contribution < 1.29 is 19.4 Å². The summed E-state index contributed by atoms with van der Waals surface area (Å²) in [6.45, 7) is 6.35. The van der Waals surface area contributed by atoms with E-state index in [4.69, 9.17) is 9.47 Å². The van der Waals surface area contributed by atoms with E-state index in [0.717, 1.165) is 16.6 Å². The molecule has 2 aliphatic heterocycles. The second kappa shape index (κ2) is 6.42. The van der Waals surface area contributed by atoms with Gasteiger partial charge in [0.1, 0.15) is 5.60 Å². The van der Waals surface area contributed by atoms with Crippen molar-refractivity contribution in [3.8, 4) is 0 Å². The molecule has 1 N–H and O–H groups in total. The number of nitrogens with zero attached hydrogens (tertiary/aromatic N) is 3. The van der Waals surface area contributed by atoms with Crippen molar-refractivity contribution in [1.29, 1.82) is 0 Å². The van der Waals surface area contributed by atoms with Crippen LogP contribution in [0.5, 0.6) is 0 Å². The number of hydrogen-bond donors (Lipinski definition) is 1. The third-order valence-corrected chi connectivity index (χ3v) is 5.16. The first kappa shape index (κ1) is 18.1. The van der Waals surface area contributed by atoms with Crippen molar-refractivity contribution in [2.75, 3.05) is 13.2 Å². The first-order valence-corrected chi connectivity index (χ1v) is 9.28. The molecule has 2 fully saturated rings. The molecule has 1 amide bonds. The highest BCUT2D eigenvalue weighted by atomic mass is 16.6. The number of morpholine rings is 1. The molecule has 0 saturated carbocycles. The highest BCUT2D eigenvalue weighted by molar-refractivity contribution is 5.75. The van der Waals surface area contributed by atoms with Gasteiger partial charge in [-0.2, -0.15) is 0 Å². The van der Waals surface area contributed by atoms with Gasteiger partial charge in [0.2, 0.25) is 0 Å². The SMILES string of the molecule is CC(C)(C)OC(=O)N1C2COCC1CC(O)(c1ccc3nccnc3c1)C2. The Bertz CT molecular complexity index is 850. The van der Waals surface area contributed by atoms with Crippen LogP contribution >= 0.6 is 0 Å². The number of ether oxygens (including phenoxy) is 2. The van der Waals surface area contributed by atoms with Crippen molar-refractivity contribution >= 4 is 17.1 Å². The summed E-state index contributed by atoms with van der Waals surface area (Å²) in [6.07, 6.45) is 3.75. The number of hydrogen-bond acceptors (Lipinski definition) is 6. The first-order chi connectivity index (χ1) is 12.8. The Labute approximate surface area is 158 Å². The van der Waals surface area contributed by atoms with Crippen LogP contribution < -0.4 is 0 Å². The van der Waals surface area contributed by atoms with Gasteiger partial charge < -0.3 is 14.6 Å². The van der Waals surface area contributed by atoms with Gasteiger partial charge in [0.15, 0.2) is 0 Å². The third kappa shape index (κ3) is 3.49. The van der Waals surface area contributed by atoms with Crippen LogP contribution in [0.15, 0.2) is 30.6 Å². The number of piperidine rings is 1. The second-order valence-corrected chi connectivity index (χ2v) is 8.43. The molecule has 2 unspecified atom stereocenters. The lowest BCUT2D eigenvalue weighted by Gasteiger charge is -2.51. The molecule has 0 aliphatic carbocycles. The molecule has 4 rings (SSSR count). The molecule has 3 heterocycles. The van der Waals surface area contributed by atoms with Gasteiger partial charge in [0.25, 0.3) is 0 Å². The Morgan fingerprint density at radius 3 is 2.44 bits per heavy atom. The zero-order valence-electron chi connectivity index (χ0n) is 15.9. The summed E-state index contributed by atoms with van der Waals surface area (Å²) < 4.78 is 11.2. The van der Waals surface area contributed by atoms with Gasteiger partial charge in [0, 0.05) is 25.2 Å². The van der Waals surface area contributed by atoms with Gasteiger partial charge in [-0.1, -0.05) is 6.07 Å². The standard InChI is InChI=1S/C20H25N3O4/c1-19(2,3)27-18(24)23-14-9-20(25,10-15(23)12-26-11-14)13-4-5-16-17(8-13)22-7-6-21-16/h4-8,14-15,25H,9-12H2,1-3H3. The van der Waals surface area contributed by atoms with E-state index in [9.17, 15) is 9.90 Å². The Kier molecular flexibility index (Phi) is 4.31. The maximum atomic E-state index is 12.7. The molecule has 1 aromatic carbocycles. The lowest BCUT2D eigenvalue weighted by atomic mass is 9.77. The smallest absolute Gasteiger partial charge is 0.410 e. The highest BCUT2D eigenvalue weighted by Gasteiger charge is 2.49. The summed E-state index contributed by atoms with van der Waals surface area (Å²) in [6, 6.07) is 5.21. The van der Waals surface area contributed by atoms with Crippen molar-refractivity contribution in [3.63, 3.8) is 0 Å². The van der Waals surface area contributed by atoms with Crippen molar-refractivity contribution in [3.05, 3.63) is 36.2 Å². The minimum absolute atomic E-state index is 0.227. The summed E-state index contributed by atoms with van der Waals surface area (Å²) in [5, 5.41) is 11.5. The molecule has 2 saturated heterocycles. The lowest BCUT2D eigenvalue weighted by Crippen LogP contribution is -2.63. The number of amides is 1. The Hall–Kier alpha value is -2.25. The maximum absolute atomic E-state index is 12.7. The molecule has 2 aliphatic rings. The van der Waals surface area contributed by atoms with Crippen molar-refractivity contribution in [2.24, 2.45) is 0 Å². The molecular formula is C20H25N3O4. The predicted octanol–water partition coefficient (Wildman–Crippen LogP) is 2.62. The fourth-order valence-electron chi connectivity index (χ4n) is 4.08. The van der Waals surface area contributed by atoms with E-state index < -0.39 is 11.2 Å². The van der Waals surface area contributed by atoms with Gasteiger partial charge >= 0.3 is 6.09 Å². The average molecular weight is 371 g/mol. The van der Waals surface area contributed by atoms with Crippen LogP contribution in [0.2, 0.25) is 0 Å². The lowest BCUT2D eigenvalue weighted by molar-refractivity contribution is -0.141. The summed E-state index contributed by atoms with van der Waals surface area (Å²) in [4.78, 5) is 23.1. The van der Waals surface area contributed by atoms with Crippen LogP contribution in [-0.4, -0.2) is 57.0 Å². The number of carbonyl (C=O) groups excluding carboxylic acids is 1. The first-order valence-electron chi connectivity index (χ1n) is 9.28. The third-order valence-electron chi connectivity index (χ3n) is 5.16. The van der Waals surface area contributed by atoms with Crippen LogP contribution in [0.25, 0.3) is 11.0 Å². The predicted molar refractivity (Wildman–Crippen MR) is 99.1 cm³/mol. The van der Waals surface area contributed by atoms with Crippen LogP contribution in [-0.2, 0) is 15.1 Å². The second-order valence-electron chi connectivity index (χ2n) is 8.43. The molecule has 1 aromatic heterocycles. The molecular weight excluding hydrogens is 346 g/mol. The molecule has 27 heavy (non-hydrogen) atoms. The van der Waals surface area contributed by atoms with E-state index in [0.29, 0.717) is 26.1 Å². The molecule has 2 bridgehead atoms. The number of benzene rings is 1. The number of aromatic nitrogens is 2. The van der Waals surface area contributed by atoms with Crippen LogP contribution in [0.3, 0.4) is 0 Å². The average Bonchev–Trinajstić information content (AvgIpc) is 2.59. The normalized spacial score (nSPS) is 28.2. The van der Waals surface area contributed by atoms with Crippen LogP contribution in [0.1, 0.15) is 39.2 Å². The van der Waals surface area contributed by atoms with Gasteiger partial charge in [-0.05, 0) is 38.5 Å². The van der Waals surface area contributed by atoms with E-state index in [1.54, 1.807) is 17.3 Å². The van der Waals surface area contributed by atoms with Crippen molar-refractivity contribution in [2.45, 2.75) is 56.9 Å². The number of aliphatic hydroxyl groups is 1. The Balaban J connectivity index is 1.62. The fourth-order valence-corrected chi connectivity index (χ4v) is 4.08. The fraction of sp³-hybridized carbons (Fsp3) is 0.550. The van der Waals surface area contributed by atoms with Gasteiger partial charge in [-0.15, -0.1) is 0 Å². The number of fused-ring (bicyclic) bond motifs is 3.